The van der Waals surface area contributed by atoms with Crippen LogP contribution in [0.25, 0.3) is 0 Å². The predicted octanol–water partition coefficient (Wildman–Crippen LogP) is 5.86. The molecule has 13 heteroatoms. The first-order valence-electron chi connectivity index (χ1n) is 15.4. The number of methoxy groups -OCH3 is 3. The van der Waals surface area contributed by atoms with Crippen LogP contribution in [0.3, 0.4) is 0 Å². The monoisotopic (exact) mass is 692 g/mol. The second-order valence-corrected chi connectivity index (χ2v) is 10.4. The first kappa shape index (κ1) is 36.9. The van der Waals surface area contributed by atoms with E-state index in [2.05, 4.69) is 25.7 Å². The third-order valence-electron chi connectivity index (χ3n) is 6.80. The largest absolute Gasteiger partial charge is 0.497 e. The SMILES string of the molecule is COC(=O)c1ccc(OCC(=O)Nc2ccc(OC)cc2)cc1.COc1ccc(NC(=O)COc2ccc(C(=O)Nc3cccnc3)cc2)cc1. The van der Waals surface area contributed by atoms with Crippen molar-refractivity contribution in [2.24, 2.45) is 0 Å². The van der Waals surface area contributed by atoms with Crippen LogP contribution in [0.15, 0.2) is 122 Å². The first-order chi connectivity index (χ1) is 24.8. The van der Waals surface area contributed by atoms with E-state index >= 15 is 0 Å². The molecule has 0 aliphatic rings. The third-order valence-corrected chi connectivity index (χ3v) is 6.80. The van der Waals surface area contributed by atoms with Gasteiger partial charge in [0, 0.05) is 23.1 Å². The molecule has 0 radical (unpaired) electrons. The van der Waals surface area contributed by atoms with Crippen molar-refractivity contribution >= 4 is 40.8 Å². The molecule has 0 atom stereocenters. The highest BCUT2D eigenvalue weighted by molar-refractivity contribution is 6.04. The summed E-state index contributed by atoms with van der Waals surface area (Å²) in [4.78, 5) is 51.2. The standard InChI is InChI=1S/C21H19N3O4.C17H17NO5/c1-27-18-10-6-16(7-11-18)23-20(25)14-28-19-8-4-15(5-9-19)21(26)24-17-3-2-12-22-13-17;1-21-14-9-5-13(6-10-14)18-16(19)11-23-15-7-3-12(4-8-15)17(20)22-2/h2-13H,14H2,1H3,(H,23,25)(H,24,26);3-10H,11H2,1-2H3,(H,18,19). The number of rotatable bonds is 13. The van der Waals surface area contributed by atoms with Gasteiger partial charge in [0.05, 0.1) is 38.8 Å². The number of anilines is 3. The summed E-state index contributed by atoms with van der Waals surface area (Å²) in [7, 11) is 4.47. The Morgan fingerprint density at radius 3 is 1.39 bits per heavy atom. The molecule has 262 valence electrons. The number of nitrogens with zero attached hydrogens (tertiary/aromatic N) is 1. The van der Waals surface area contributed by atoms with Gasteiger partial charge < -0.3 is 39.6 Å². The lowest BCUT2D eigenvalue weighted by Gasteiger charge is -2.09. The van der Waals surface area contributed by atoms with E-state index in [9.17, 15) is 19.2 Å². The molecule has 3 N–H and O–H groups in total. The van der Waals surface area contributed by atoms with Crippen molar-refractivity contribution in [3.05, 3.63) is 133 Å². The molecule has 0 aliphatic heterocycles. The van der Waals surface area contributed by atoms with E-state index in [1.165, 1.54) is 7.11 Å². The lowest BCUT2D eigenvalue weighted by Crippen LogP contribution is -2.20. The fraction of sp³-hybridized carbons (Fsp3) is 0.132. The number of carbonyl (C=O) groups is 4. The van der Waals surface area contributed by atoms with E-state index in [4.69, 9.17) is 18.9 Å². The number of benzene rings is 4. The summed E-state index contributed by atoms with van der Waals surface area (Å²) in [5, 5.41) is 8.19. The summed E-state index contributed by atoms with van der Waals surface area (Å²) in [6.07, 6.45) is 3.20. The average molecular weight is 693 g/mol. The van der Waals surface area contributed by atoms with Crippen LogP contribution < -0.4 is 34.9 Å². The number of ether oxygens (including phenoxy) is 5. The summed E-state index contributed by atoms with van der Waals surface area (Å²) in [5.74, 6) is 1.15. The minimum atomic E-state index is -0.422. The molecule has 0 spiro atoms. The smallest absolute Gasteiger partial charge is 0.337 e. The molecule has 4 aromatic carbocycles. The first-order valence-corrected chi connectivity index (χ1v) is 15.4. The Hall–Kier alpha value is -6.89. The van der Waals surface area contributed by atoms with Crippen LogP contribution in [-0.4, -0.2) is 63.2 Å². The van der Waals surface area contributed by atoms with Gasteiger partial charge in [-0.25, -0.2) is 4.79 Å². The number of pyridine rings is 1. The molecule has 0 bridgehead atoms. The van der Waals surface area contributed by atoms with E-state index in [1.807, 2.05) is 0 Å². The number of amides is 3. The van der Waals surface area contributed by atoms with Gasteiger partial charge in [-0.1, -0.05) is 0 Å². The second-order valence-electron chi connectivity index (χ2n) is 10.4. The summed E-state index contributed by atoms with van der Waals surface area (Å²) >= 11 is 0. The number of nitrogens with one attached hydrogen (secondary N) is 3. The Morgan fingerprint density at radius 1 is 0.529 bits per heavy atom. The minimum absolute atomic E-state index is 0.135. The zero-order chi connectivity index (χ0) is 36.4. The van der Waals surface area contributed by atoms with E-state index in [1.54, 1.807) is 136 Å². The number of hydrogen-bond donors (Lipinski definition) is 3. The highest BCUT2D eigenvalue weighted by atomic mass is 16.5. The summed E-state index contributed by atoms with van der Waals surface area (Å²) in [6, 6.07) is 30.4. The maximum Gasteiger partial charge on any atom is 0.337 e. The Bertz CT molecular complexity index is 1870. The Balaban J connectivity index is 0.000000233. The molecule has 51 heavy (non-hydrogen) atoms. The molecular weight excluding hydrogens is 656 g/mol. The maximum absolute atomic E-state index is 12.2. The summed E-state index contributed by atoms with van der Waals surface area (Å²) in [6.45, 7) is -0.281. The van der Waals surface area contributed by atoms with Crippen LogP contribution in [0.4, 0.5) is 17.1 Å². The molecule has 0 aliphatic carbocycles. The number of carbonyl (C=O) groups excluding carboxylic acids is 4. The minimum Gasteiger partial charge on any atom is -0.497 e. The molecule has 1 heterocycles. The van der Waals surface area contributed by atoms with Crippen molar-refractivity contribution in [3.63, 3.8) is 0 Å². The molecule has 0 fully saturated rings. The van der Waals surface area contributed by atoms with Gasteiger partial charge in [0.15, 0.2) is 13.2 Å². The van der Waals surface area contributed by atoms with E-state index in [-0.39, 0.29) is 30.9 Å². The van der Waals surface area contributed by atoms with Crippen LogP contribution in [0.5, 0.6) is 23.0 Å². The van der Waals surface area contributed by atoms with E-state index < -0.39 is 5.97 Å². The predicted molar refractivity (Wildman–Crippen MR) is 191 cm³/mol. The van der Waals surface area contributed by atoms with Gasteiger partial charge in [-0.05, 0) is 109 Å². The normalized spacial score (nSPS) is 9.94. The number of aromatic nitrogens is 1. The third kappa shape index (κ3) is 12.3. The molecular formula is C38H36N4O9. The van der Waals surface area contributed by atoms with E-state index in [0.717, 1.165) is 0 Å². The Labute approximate surface area is 294 Å². The lowest BCUT2D eigenvalue weighted by atomic mass is 10.2. The van der Waals surface area contributed by atoms with Gasteiger partial charge in [0.1, 0.15) is 23.0 Å². The van der Waals surface area contributed by atoms with Crippen LogP contribution in [0.2, 0.25) is 0 Å². The lowest BCUT2D eigenvalue weighted by molar-refractivity contribution is -0.118. The molecule has 0 unspecified atom stereocenters. The quantitative estimate of drug-likeness (QED) is 0.127. The fourth-order valence-electron chi connectivity index (χ4n) is 4.19. The fourth-order valence-corrected chi connectivity index (χ4v) is 4.19. The molecule has 5 rings (SSSR count). The van der Waals surface area contributed by atoms with Crippen molar-refractivity contribution in [1.29, 1.82) is 0 Å². The Kier molecular flexibility index (Phi) is 13.9. The van der Waals surface area contributed by atoms with Crippen LogP contribution >= 0.6 is 0 Å². The molecule has 3 amide bonds. The molecule has 13 nitrogen and oxygen atoms in total. The van der Waals surface area contributed by atoms with Gasteiger partial charge in [0.25, 0.3) is 17.7 Å². The van der Waals surface area contributed by atoms with Crippen LogP contribution in [-0.2, 0) is 14.3 Å². The zero-order valence-corrected chi connectivity index (χ0v) is 28.1. The van der Waals surface area contributed by atoms with Crippen molar-refractivity contribution in [3.8, 4) is 23.0 Å². The molecule has 5 aromatic rings. The maximum atomic E-state index is 12.2. The van der Waals surface area contributed by atoms with Gasteiger partial charge in [-0.2, -0.15) is 0 Å². The summed E-state index contributed by atoms with van der Waals surface area (Å²) < 4.78 is 25.5. The molecule has 0 saturated heterocycles. The van der Waals surface area contributed by atoms with Crippen LogP contribution in [0.1, 0.15) is 20.7 Å². The van der Waals surface area contributed by atoms with Crippen molar-refractivity contribution in [2.75, 3.05) is 50.5 Å². The molecule has 0 saturated carbocycles. The summed E-state index contributed by atoms with van der Waals surface area (Å²) in [5.41, 5.74) is 2.81. The van der Waals surface area contributed by atoms with Crippen molar-refractivity contribution < 1.29 is 42.9 Å². The highest BCUT2D eigenvalue weighted by Crippen LogP contribution is 2.18. The topological polar surface area (TPSA) is 163 Å². The van der Waals surface area contributed by atoms with Crippen molar-refractivity contribution in [2.45, 2.75) is 0 Å². The zero-order valence-electron chi connectivity index (χ0n) is 28.1. The van der Waals surface area contributed by atoms with Crippen molar-refractivity contribution in [1.82, 2.24) is 4.98 Å². The van der Waals surface area contributed by atoms with Gasteiger partial charge in [-0.15, -0.1) is 0 Å². The van der Waals surface area contributed by atoms with Gasteiger partial charge in [-0.3, -0.25) is 19.4 Å². The van der Waals surface area contributed by atoms with Gasteiger partial charge in [0.2, 0.25) is 0 Å². The Morgan fingerprint density at radius 2 is 0.980 bits per heavy atom. The number of hydrogen-bond acceptors (Lipinski definition) is 10. The second kappa shape index (κ2) is 19.2. The average Bonchev–Trinajstić information content (AvgIpc) is 3.17. The molecule has 1 aromatic heterocycles. The highest BCUT2D eigenvalue weighted by Gasteiger charge is 2.09. The van der Waals surface area contributed by atoms with Gasteiger partial charge >= 0.3 is 5.97 Å². The van der Waals surface area contributed by atoms with E-state index in [0.29, 0.717) is 51.2 Å². The number of esters is 1. The van der Waals surface area contributed by atoms with Crippen LogP contribution in [0, 0.1) is 0 Å².